The number of amides is 4. The molecule has 0 unspecified atom stereocenters. The van der Waals surface area contributed by atoms with Crippen molar-refractivity contribution in [2.75, 3.05) is 40.2 Å². The highest BCUT2D eigenvalue weighted by molar-refractivity contribution is 7.94. The van der Waals surface area contributed by atoms with E-state index in [2.05, 4.69) is 40.5 Å². The largest absolute Gasteiger partial charge is 0.337 e. The van der Waals surface area contributed by atoms with Crippen molar-refractivity contribution in [3.63, 3.8) is 0 Å². The molecule has 0 spiro atoms. The van der Waals surface area contributed by atoms with Crippen LogP contribution in [0.15, 0.2) is 132 Å². The molecule has 0 bridgehead atoms. The smallest absolute Gasteiger partial charge is 0.267 e. The number of rotatable bonds is 24. The van der Waals surface area contributed by atoms with Gasteiger partial charge in [0.25, 0.3) is 63.7 Å². The lowest BCUT2D eigenvalue weighted by Crippen LogP contribution is -2.20. The Morgan fingerprint density at radius 2 is 0.600 bits per heavy atom. The summed E-state index contributed by atoms with van der Waals surface area (Å²) >= 11 is 2.53. The monoisotopic (exact) mass is 1830 g/mol. The Balaban J connectivity index is 0.000000237. The number of nitrogens with zero attached hydrogens (tertiary/aromatic N) is 4. The van der Waals surface area contributed by atoms with Gasteiger partial charge in [0, 0.05) is 93.9 Å². The van der Waals surface area contributed by atoms with Gasteiger partial charge in [-0.3, -0.25) is 38.4 Å². The van der Waals surface area contributed by atoms with E-state index in [-0.39, 0.29) is 77.5 Å². The molecule has 0 saturated heterocycles. The summed E-state index contributed by atoms with van der Waals surface area (Å²) in [5.74, 6) is -13.3. The van der Waals surface area contributed by atoms with Crippen molar-refractivity contribution in [1.29, 1.82) is 0 Å². The average molecular weight is 1830 g/mol. The van der Waals surface area contributed by atoms with Gasteiger partial charge in [0.05, 0.1) is 51.0 Å². The zero-order valence-electron chi connectivity index (χ0n) is 102. The fourth-order valence-corrected chi connectivity index (χ4v) is 19.4. The zero-order chi connectivity index (χ0) is 122. The fourth-order valence-electron chi connectivity index (χ4n) is 10.0. The van der Waals surface area contributed by atoms with Crippen molar-refractivity contribution < 1.29 is 145 Å². The molecule has 0 fully saturated rings. The molecule has 4 aromatic carbocycles. The Bertz CT molecular complexity index is 8310. The zero-order valence-corrected chi connectivity index (χ0v) is 68.7. The molecule has 0 saturated carbocycles. The Morgan fingerprint density at radius 3 is 0.883 bits per heavy atom. The molecule has 632 valence electrons. The topological polar surface area (TPSA) is 473 Å². The third-order valence-electron chi connectivity index (χ3n) is 15.9. The van der Waals surface area contributed by atoms with Crippen LogP contribution >= 0.6 is 45.3 Å². The number of anilines is 8. The lowest BCUT2D eigenvalue weighted by Gasteiger charge is -2.14. The SMILES string of the molecule is [2H]c1c(C([2H])([2H])[2H])cc(C([2H])([2H])[2H])c(NC(=O)c2sccc2S(=O)(=O)Nc2onc(C([2H])([2H])[2H])c2C([2H])([2H])[2H])c1C(=O)C([2H])([2H])[2H].[2H]c1c(C([2H])([2H])[2H])cc(C([2H])([2H])[2H])c(NC(=O)c2sccc2S(=O)(=O)Nc2onc(C([2H])([2H])[2H])c2C)c1C(=O)C([2H])([2H])[2H].[2H]c1c(C)cc(C(=O)C([2H])([2H])[2H])c(NC(=O)c2sccc2S(=O)(=O)Nc2onc(C)c2C([2H])([2H])[2H])c1C.[2H]c1c(C)cc(C(=O)C([2H])([2H])[2H])c(NC(=O)c2sccc2S(=O)(=O)Nc2onc(C)c2C)c1C. The number of nitrogens with one attached hydrogen (secondary N) is 8. The highest BCUT2D eigenvalue weighted by atomic mass is 32.2. The first-order valence-corrected chi connectivity index (χ1v) is 42.0. The van der Waals surface area contributed by atoms with Crippen LogP contribution in [0.4, 0.5) is 46.3 Å². The first-order valence-electron chi connectivity index (χ1n) is 52.6. The summed E-state index contributed by atoms with van der Waals surface area (Å²) < 4.78 is 438. The van der Waals surface area contributed by atoms with Gasteiger partial charge in [-0.1, -0.05) is 44.8 Å². The number of hydrogen-bond donors (Lipinski definition) is 8. The summed E-state index contributed by atoms with van der Waals surface area (Å²) in [7, 11) is -18.5. The summed E-state index contributed by atoms with van der Waals surface area (Å²) in [5, 5.41) is 27.4. The summed E-state index contributed by atoms with van der Waals surface area (Å²) in [6, 6.07) is 5.11. The van der Waals surface area contributed by atoms with Crippen molar-refractivity contribution in [1.82, 2.24) is 20.6 Å². The molecule has 8 heterocycles. The van der Waals surface area contributed by atoms with Gasteiger partial charge in [-0.05, 0) is 252 Å². The van der Waals surface area contributed by atoms with Crippen LogP contribution in [-0.2, 0) is 40.1 Å². The van der Waals surface area contributed by atoms with E-state index in [0.29, 0.717) is 57.2 Å². The van der Waals surface area contributed by atoms with E-state index < -0.39 is 291 Å². The Morgan fingerprint density at radius 1 is 0.325 bits per heavy atom. The molecule has 8 N–H and O–H groups in total. The van der Waals surface area contributed by atoms with Crippen molar-refractivity contribution in [3.05, 3.63) is 226 Å². The summed E-state index contributed by atoms with van der Waals surface area (Å²) in [6.45, 7) is -26.1. The van der Waals surface area contributed by atoms with E-state index in [4.69, 9.17) is 68.4 Å². The van der Waals surface area contributed by atoms with E-state index in [1.54, 1.807) is 25.5 Å². The number of aryl methyl sites for hydroxylation is 10. The van der Waals surface area contributed by atoms with Crippen LogP contribution < -0.4 is 40.2 Å². The molecular formula is C80H84N12O20S8. The first kappa shape index (κ1) is 50.9. The minimum absolute atomic E-state index is 0.00856. The second-order valence-electron chi connectivity index (χ2n) is 24.4. The molecule has 12 aromatic rings. The van der Waals surface area contributed by atoms with Crippen molar-refractivity contribution in [3.8, 4) is 0 Å². The number of ketones is 4. The van der Waals surface area contributed by atoms with Crippen LogP contribution in [0.1, 0.15) is 252 Å². The molecule has 0 radical (unpaired) electrons. The molecule has 120 heavy (non-hydrogen) atoms. The number of carbonyl (C=O) groups excluding carboxylic acids is 8. The van der Waals surface area contributed by atoms with Crippen molar-refractivity contribution in [2.45, 2.75) is 157 Å². The quantitative estimate of drug-likeness (QED) is 0.0260. The number of benzene rings is 4. The number of sulfonamides is 4. The van der Waals surface area contributed by atoms with Gasteiger partial charge >= 0.3 is 0 Å². The van der Waals surface area contributed by atoms with E-state index in [1.165, 1.54) is 63.6 Å². The molecule has 32 nitrogen and oxygen atoms in total. The predicted molar refractivity (Wildman–Crippen MR) is 460 cm³/mol. The minimum Gasteiger partial charge on any atom is -0.337 e. The van der Waals surface area contributed by atoms with Crippen LogP contribution in [0.5, 0.6) is 0 Å². The third kappa shape index (κ3) is 21.0. The lowest BCUT2D eigenvalue weighted by molar-refractivity contribution is 0.100. The minimum atomic E-state index is -5.02. The van der Waals surface area contributed by atoms with Gasteiger partial charge in [0.1, 0.15) is 39.1 Å². The van der Waals surface area contributed by atoms with Gasteiger partial charge < -0.3 is 39.4 Å². The molecule has 0 atom stereocenters. The molecule has 12 rings (SSSR count). The molecular weight excluding hydrogens is 1710 g/mol. The van der Waals surface area contributed by atoms with Crippen LogP contribution in [0.3, 0.4) is 0 Å². The predicted octanol–water partition coefficient (Wildman–Crippen LogP) is 16.9. The normalized spacial score (nSPS) is 17.5. The molecule has 4 amide bonds. The van der Waals surface area contributed by atoms with E-state index in [1.807, 2.05) is 20.1 Å². The lowest BCUT2D eigenvalue weighted by atomic mass is 10.0. The van der Waals surface area contributed by atoms with Gasteiger partial charge in [-0.15, -0.1) is 45.3 Å². The second-order valence-corrected chi connectivity index (χ2v) is 34.6. The maximum absolute atomic E-state index is 13.5. The van der Waals surface area contributed by atoms with Gasteiger partial charge in [-0.2, -0.15) is 0 Å². The Kier molecular flexibility index (Phi) is 15.8. The number of Topliss-reactive ketones (excluding diaryl/α,β-unsaturated/α-hetero) is 4. The molecule has 0 aliphatic rings. The standard InChI is InChI=1S/4C20H21N3O5S2/c4*1-10-8-11(2)17(15(9-10)14(5)24)21-19(25)18-16(6-7-29-18)30(26,27)23-20-12(3)13(4)22-28-20/h4*6-9,23H,1-5H3,(H,21,25)/i1D3,2D3,3D3,4D3,5D3,9D;1D3,2D3,4D3,5D3,9D;3D3,5D3,8D;5D3,8D. The van der Waals surface area contributed by atoms with E-state index >= 15 is 0 Å². The molecule has 40 heteroatoms. The first-order chi connectivity index (χ1) is 72.3. The van der Waals surface area contributed by atoms with Crippen LogP contribution in [0.2, 0.25) is 0 Å². The van der Waals surface area contributed by atoms with E-state index in [9.17, 15) is 72.0 Å². The fraction of sp³-hybridized carbons (Fsp3) is 0.250. The summed E-state index contributed by atoms with van der Waals surface area (Å²) in [5.41, 5.74) is -11.1. The molecule has 0 aliphatic carbocycles. The van der Waals surface area contributed by atoms with Crippen LogP contribution in [0.25, 0.3) is 0 Å². The maximum atomic E-state index is 13.5. The van der Waals surface area contributed by atoms with Gasteiger partial charge in [0.2, 0.25) is 23.5 Å². The summed E-state index contributed by atoms with van der Waals surface area (Å²) in [4.78, 5) is 99.6. The highest BCUT2D eigenvalue weighted by Gasteiger charge is 2.33. The van der Waals surface area contributed by atoms with Crippen molar-refractivity contribution in [2.24, 2.45) is 0 Å². The number of thiophene rings is 4. The van der Waals surface area contributed by atoms with Crippen LogP contribution in [-0.4, -0.2) is 101 Å². The van der Waals surface area contributed by atoms with Crippen molar-refractivity contribution >= 4 is 178 Å². The van der Waals surface area contributed by atoms with E-state index in [0.717, 1.165) is 51.6 Å². The summed E-state index contributed by atoms with van der Waals surface area (Å²) in [6.07, 6.45) is 0. The van der Waals surface area contributed by atoms with Crippen LogP contribution in [0, 0.1) is 110 Å². The number of carbonyl (C=O) groups is 8. The second kappa shape index (κ2) is 37.2. The number of aromatic nitrogens is 4. The molecule has 8 aromatic heterocycles. The molecule has 0 aliphatic heterocycles. The Labute approximate surface area is 764 Å². The van der Waals surface area contributed by atoms with Gasteiger partial charge in [-0.25, -0.2) is 52.6 Å². The number of hydrogen-bond acceptors (Lipinski definition) is 28. The maximum Gasteiger partial charge on any atom is 0.267 e. The third-order valence-corrected chi connectivity index (χ3v) is 25.5. The Hall–Kier alpha value is -11.9. The van der Waals surface area contributed by atoms with Gasteiger partial charge in [0.15, 0.2) is 23.1 Å². The highest BCUT2D eigenvalue weighted by Crippen LogP contribution is 2.36. The average Bonchev–Trinajstić information content (AvgIpc) is 1.03.